The number of nitrogens with zero attached hydrogens (tertiary/aromatic N) is 1. The molecule has 1 heterocycles. The van der Waals surface area contributed by atoms with Gasteiger partial charge in [0.2, 0.25) is 0 Å². The van der Waals surface area contributed by atoms with Gasteiger partial charge >= 0.3 is 0 Å². The first-order valence-corrected chi connectivity index (χ1v) is 9.26. The topological polar surface area (TPSA) is 29.3 Å². The molecule has 0 amide bonds. The van der Waals surface area contributed by atoms with Gasteiger partial charge in [0.25, 0.3) is 0 Å². The van der Waals surface area contributed by atoms with Crippen LogP contribution in [-0.2, 0) is 0 Å². The third-order valence-electron chi connectivity index (χ3n) is 6.57. The molecule has 2 unspecified atom stereocenters. The van der Waals surface area contributed by atoms with Crippen LogP contribution in [0.5, 0.6) is 0 Å². The lowest BCUT2D eigenvalue weighted by Crippen LogP contribution is -2.63. The molecule has 2 heteroatoms. The lowest BCUT2D eigenvalue weighted by Gasteiger charge is -2.55. The Kier molecular flexibility index (Phi) is 5.41. The van der Waals surface area contributed by atoms with Crippen molar-refractivity contribution >= 4 is 0 Å². The molecule has 2 fully saturated rings. The Hall–Kier alpha value is -0.0800. The lowest BCUT2D eigenvalue weighted by atomic mass is 9.65. The predicted octanol–water partition coefficient (Wildman–Crippen LogP) is 4.29. The van der Waals surface area contributed by atoms with E-state index in [0.29, 0.717) is 11.0 Å². The van der Waals surface area contributed by atoms with Gasteiger partial charge in [0, 0.05) is 12.1 Å². The van der Waals surface area contributed by atoms with Crippen molar-refractivity contribution in [2.45, 2.75) is 78.7 Å². The lowest BCUT2D eigenvalue weighted by molar-refractivity contribution is -0.0420. The molecule has 124 valence electrons. The van der Waals surface area contributed by atoms with Crippen LogP contribution < -0.4 is 5.73 Å². The van der Waals surface area contributed by atoms with Crippen molar-refractivity contribution in [1.29, 1.82) is 0 Å². The van der Waals surface area contributed by atoms with Crippen molar-refractivity contribution in [3.05, 3.63) is 0 Å². The summed E-state index contributed by atoms with van der Waals surface area (Å²) in [5, 5.41) is 0. The van der Waals surface area contributed by atoms with Crippen LogP contribution in [-0.4, -0.2) is 30.1 Å². The summed E-state index contributed by atoms with van der Waals surface area (Å²) in [5.41, 5.74) is 7.14. The Bertz CT molecular complexity index is 323. The Morgan fingerprint density at radius 3 is 2.19 bits per heavy atom. The number of hydrogen-bond donors (Lipinski definition) is 1. The van der Waals surface area contributed by atoms with Crippen molar-refractivity contribution < 1.29 is 0 Å². The zero-order valence-corrected chi connectivity index (χ0v) is 15.1. The van der Waals surface area contributed by atoms with E-state index in [2.05, 4.69) is 39.5 Å². The van der Waals surface area contributed by atoms with Gasteiger partial charge in [0.1, 0.15) is 0 Å². The molecule has 2 atom stereocenters. The van der Waals surface area contributed by atoms with Gasteiger partial charge in [0.05, 0.1) is 0 Å². The maximum absolute atomic E-state index is 6.38. The summed E-state index contributed by atoms with van der Waals surface area (Å²) in [6.45, 7) is 15.4. The molecule has 1 saturated carbocycles. The van der Waals surface area contributed by atoms with E-state index in [1.165, 1.54) is 51.6 Å². The van der Waals surface area contributed by atoms with Gasteiger partial charge in [-0.1, -0.05) is 47.5 Å². The fourth-order valence-electron chi connectivity index (χ4n) is 5.17. The van der Waals surface area contributed by atoms with Gasteiger partial charge in [-0.15, -0.1) is 0 Å². The molecule has 1 aliphatic heterocycles. The molecule has 21 heavy (non-hydrogen) atoms. The van der Waals surface area contributed by atoms with Crippen molar-refractivity contribution in [1.82, 2.24) is 4.90 Å². The second-order valence-corrected chi connectivity index (χ2v) is 9.03. The Labute approximate surface area is 132 Å². The SMILES string of the molecule is CC(C)C1CCCCC1(CN)N1CCC(C(C)(C)C)CC1. The summed E-state index contributed by atoms with van der Waals surface area (Å²) in [6, 6.07) is 0. The largest absolute Gasteiger partial charge is 0.329 e. The van der Waals surface area contributed by atoms with Crippen LogP contribution in [0.2, 0.25) is 0 Å². The summed E-state index contributed by atoms with van der Waals surface area (Å²) >= 11 is 0. The molecule has 0 radical (unpaired) electrons. The zero-order chi connectivity index (χ0) is 15.7. The molecule has 1 saturated heterocycles. The van der Waals surface area contributed by atoms with E-state index in [4.69, 9.17) is 5.73 Å². The van der Waals surface area contributed by atoms with Gasteiger partial charge in [-0.2, -0.15) is 0 Å². The number of piperidine rings is 1. The van der Waals surface area contributed by atoms with E-state index in [-0.39, 0.29) is 0 Å². The molecule has 0 spiro atoms. The minimum atomic E-state index is 0.301. The van der Waals surface area contributed by atoms with Crippen LogP contribution in [0, 0.1) is 23.2 Å². The smallest absolute Gasteiger partial charge is 0.0362 e. The monoisotopic (exact) mass is 294 g/mol. The van der Waals surface area contributed by atoms with E-state index in [9.17, 15) is 0 Å². The molecular weight excluding hydrogens is 256 g/mol. The summed E-state index contributed by atoms with van der Waals surface area (Å²) in [4.78, 5) is 2.80. The van der Waals surface area contributed by atoms with Gasteiger partial charge in [-0.3, -0.25) is 4.90 Å². The Morgan fingerprint density at radius 2 is 1.71 bits per heavy atom. The molecule has 0 aromatic heterocycles. The quantitative estimate of drug-likeness (QED) is 0.841. The molecule has 0 aromatic rings. The molecule has 2 aliphatic rings. The van der Waals surface area contributed by atoms with Crippen LogP contribution in [0.1, 0.15) is 73.1 Å². The Balaban J connectivity index is 2.11. The van der Waals surface area contributed by atoms with E-state index in [1.54, 1.807) is 0 Å². The zero-order valence-electron chi connectivity index (χ0n) is 15.1. The van der Waals surface area contributed by atoms with E-state index in [0.717, 1.165) is 24.3 Å². The minimum absolute atomic E-state index is 0.301. The first-order valence-electron chi connectivity index (χ1n) is 9.26. The second kappa shape index (κ2) is 6.58. The number of nitrogens with two attached hydrogens (primary N) is 1. The van der Waals surface area contributed by atoms with Crippen LogP contribution in [0.3, 0.4) is 0 Å². The highest BCUT2D eigenvalue weighted by atomic mass is 15.2. The maximum atomic E-state index is 6.38. The summed E-state index contributed by atoms with van der Waals surface area (Å²) in [5.74, 6) is 2.43. The van der Waals surface area contributed by atoms with Crippen molar-refractivity contribution in [3.63, 3.8) is 0 Å². The third-order valence-corrected chi connectivity index (χ3v) is 6.57. The number of rotatable bonds is 3. The van der Waals surface area contributed by atoms with Gasteiger partial charge in [-0.25, -0.2) is 0 Å². The van der Waals surface area contributed by atoms with Crippen LogP contribution in [0.4, 0.5) is 0 Å². The number of hydrogen-bond acceptors (Lipinski definition) is 2. The predicted molar refractivity (Wildman–Crippen MR) is 92.3 cm³/mol. The molecular formula is C19H38N2. The van der Waals surface area contributed by atoms with E-state index < -0.39 is 0 Å². The molecule has 2 nitrogen and oxygen atoms in total. The summed E-state index contributed by atoms with van der Waals surface area (Å²) < 4.78 is 0. The summed E-state index contributed by atoms with van der Waals surface area (Å²) in [7, 11) is 0. The highest BCUT2D eigenvalue weighted by Crippen LogP contribution is 2.44. The van der Waals surface area contributed by atoms with Gasteiger partial charge in [-0.05, 0) is 61.9 Å². The van der Waals surface area contributed by atoms with Crippen LogP contribution >= 0.6 is 0 Å². The first-order chi connectivity index (χ1) is 9.81. The standard InChI is InChI=1S/C19H38N2/c1-15(2)17-8-6-7-11-19(17,14-20)21-12-9-16(10-13-21)18(3,4)5/h15-17H,6-14,20H2,1-5H3. The average Bonchev–Trinajstić information content (AvgIpc) is 2.46. The molecule has 0 aromatic carbocycles. The van der Waals surface area contributed by atoms with E-state index >= 15 is 0 Å². The highest BCUT2D eigenvalue weighted by molar-refractivity contribution is 5.02. The third kappa shape index (κ3) is 3.47. The molecule has 2 N–H and O–H groups in total. The summed E-state index contributed by atoms with van der Waals surface area (Å²) in [6.07, 6.45) is 8.20. The normalized spacial score (nSPS) is 33.6. The maximum Gasteiger partial charge on any atom is 0.0362 e. The van der Waals surface area contributed by atoms with Crippen molar-refractivity contribution in [2.75, 3.05) is 19.6 Å². The average molecular weight is 295 g/mol. The van der Waals surface area contributed by atoms with Crippen molar-refractivity contribution in [3.8, 4) is 0 Å². The number of likely N-dealkylation sites (tertiary alicyclic amines) is 1. The highest BCUT2D eigenvalue weighted by Gasteiger charge is 2.46. The van der Waals surface area contributed by atoms with Gasteiger partial charge in [0.15, 0.2) is 0 Å². The molecule has 1 aliphatic carbocycles. The van der Waals surface area contributed by atoms with Gasteiger partial charge < -0.3 is 5.73 Å². The van der Waals surface area contributed by atoms with Crippen molar-refractivity contribution in [2.24, 2.45) is 28.9 Å². The Morgan fingerprint density at radius 1 is 1.10 bits per heavy atom. The fourth-order valence-corrected chi connectivity index (χ4v) is 5.17. The molecule has 2 rings (SSSR count). The minimum Gasteiger partial charge on any atom is -0.329 e. The first kappa shape index (κ1) is 17.3. The second-order valence-electron chi connectivity index (χ2n) is 9.03. The fraction of sp³-hybridized carbons (Fsp3) is 1.00. The van der Waals surface area contributed by atoms with Crippen LogP contribution in [0.25, 0.3) is 0 Å². The van der Waals surface area contributed by atoms with Crippen LogP contribution in [0.15, 0.2) is 0 Å². The van der Waals surface area contributed by atoms with E-state index in [1.807, 2.05) is 0 Å². The molecule has 0 bridgehead atoms.